The van der Waals surface area contributed by atoms with Gasteiger partial charge in [0.25, 0.3) is 0 Å². The second kappa shape index (κ2) is 6.96. The molecular formula is C16H18ClNO2S. The normalized spacial score (nSPS) is 11.3. The molecule has 0 heterocycles. The first-order valence-corrected chi connectivity index (χ1v) is 8.98. The van der Waals surface area contributed by atoms with Gasteiger partial charge in [0.1, 0.15) is 0 Å². The molecule has 5 heteroatoms. The molecule has 0 atom stereocenters. The zero-order valence-electron chi connectivity index (χ0n) is 11.8. The van der Waals surface area contributed by atoms with E-state index in [2.05, 4.69) is 5.32 Å². The Morgan fingerprint density at radius 3 is 2.38 bits per heavy atom. The average Bonchev–Trinajstić information content (AvgIpc) is 2.48. The van der Waals surface area contributed by atoms with Crippen LogP contribution in [0.1, 0.15) is 18.9 Å². The van der Waals surface area contributed by atoms with Gasteiger partial charge in [-0.2, -0.15) is 0 Å². The van der Waals surface area contributed by atoms with Crippen LogP contribution < -0.4 is 5.32 Å². The topological polar surface area (TPSA) is 46.2 Å². The van der Waals surface area contributed by atoms with Crippen molar-refractivity contribution in [3.8, 4) is 0 Å². The van der Waals surface area contributed by atoms with Gasteiger partial charge in [0.05, 0.1) is 10.6 Å². The van der Waals surface area contributed by atoms with Crippen LogP contribution >= 0.6 is 11.6 Å². The largest absolute Gasteiger partial charge is 0.356 e. The fourth-order valence-electron chi connectivity index (χ4n) is 2.03. The van der Waals surface area contributed by atoms with Crippen molar-refractivity contribution in [1.82, 2.24) is 0 Å². The number of sulfone groups is 1. The van der Waals surface area contributed by atoms with Gasteiger partial charge < -0.3 is 5.32 Å². The lowest BCUT2D eigenvalue weighted by molar-refractivity contribution is 0.595. The van der Waals surface area contributed by atoms with Crippen molar-refractivity contribution in [3.63, 3.8) is 0 Å². The van der Waals surface area contributed by atoms with Crippen molar-refractivity contribution in [2.24, 2.45) is 0 Å². The Kier molecular flexibility index (Phi) is 5.26. The lowest BCUT2D eigenvalue weighted by atomic mass is 10.2. The Morgan fingerprint density at radius 1 is 1.05 bits per heavy atom. The molecule has 0 amide bonds. The quantitative estimate of drug-likeness (QED) is 0.804. The summed E-state index contributed by atoms with van der Waals surface area (Å²) in [5, 5.41) is 3.24. The summed E-state index contributed by atoms with van der Waals surface area (Å²) in [7, 11) is -3.16. The number of anilines is 2. The van der Waals surface area contributed by atoms with Crippen LogP contribution in [-0.2, 0) is 15.7 Å². The van der Waals surface area contributed by atoms with E-state index in [0.29, 0.717) is 17.2 Å². The van der Waals surface area contributed by atoms with Crippen molar-refractivity contribution in [1.29, 1.82) is 0 Å². The van der Waals surface area contributed by atoms with E-state index in [-0.39, 0.29) is 5.75 Å². The van der Waals surface area contributed by atoms with E-state index in [1.165, 1.54) is 0 Å². The standard InChI is InChI=1S/C16H18ClNO2S/c1-2-10-21(19,20)16-8-6-14(7-9-16)18-15-5-3-4-13(11-15)12-17/h3-9,11,18H,2,10,12H2,1H3. The van der Waals surface area contributed by atoms with E-state index < -0.39 is 9.84 Å². The second-order valence-corrected chi connectivity index (χ2v) is 7.18. The van der Waals surface area contributed by atoms with Crippen molar-refractivity contribution in [2.45, 2.75) is 24.1 Å². The zero-order chi connectivity index (χ0) is 15.3. The van der Waals surface area contributed by atoms with Crippen molar-refractivity contribution < 1.29 is 8.42 Å². The number of rotatable bonds is 6. The molecule has 0 aliphatic carbocycles. The van der Waals surface area contributed by atoms with E-state index >= 15 is 0 Å². The highest BCUT2D eigenvalue weighted by Crippen LogP contribution is 2.21. The van der Waals surface area contributed by atoms with Crippen LogP contribution in [0, 0.1) is 0 Å². The molecular weight excluding hydrogens is 306 g/mol. The molecule has 0 bridgehead atoms. The van der Waals surface area contributed by atoms with Gasteiger partial charge in [-0.1, -0.05) is 19.1 Å². The Balaban J connectivity index is 2.16. The fourth-order valence-corrected chi connectivity index (χ4v) is 3.52. The number of alkyl halides is 1. The maximum absolute atomic E-state index is 12.0. The van der Waals surface area contributed by atoms with Gasteiger partial charge in [0, 0.05) is 17.3 Å². The van der Waals surface area contributed by atoms with E-state index in [9.17, 15) is 8.42 Å². The summed E-state index contributed by atoms with van der Waals surface area (Å²) in [6, 6.07) is 14.6. The summed E-state index contributed by atoms with van der Waals surface area (Å²) in [4.78, 5) is 0.365. The number of hydrogen-bond acceptors (Lipinski definition) is 3. The van der Waals surface area contributed by atoms with Gasteiger partial charge in [-0.25, -0.2) is 8.42 Å². The molecule has 3 nitrogen and oxygen atoms in total. The molecule has 0 radical (unpaired) electrons. The Labute approximate surface area is 130 Å². The van der Waals surface area contributed by atoms with Crippen LogP contribution in [0.25, 0.3) is 0 Å². The van der Waals surface area contributed by atoms with E-state index in [1.54, 1.807) is 24.3 Å². The van der Waals surface area contributed by atoms with Crippen molar-refractivity contribution in [3.05, 3.63) is 54.1 Å². The Hall–Kier alpha value is -1.52. The molecule has 0 aromatic heterocycles. The molecule has 2 aromatic rings. The monoisotopic (exact) mass is 323 g/mol. The summed E-state index contributed by atoms with van der Waals surface area (Å²) < 4.78 is 23.9. The highest BCUT2D eigenvalue weighted by atomic mass is 35.5. The highest BCUT2D eigenvalue weighted by Gasteiger charge is 2.12. The molecule has 2 rings (SSSR count). The summed E-state index contributed by atoms with van der Waals surface area (Å²) >= 11 is 5.81. The Bertz CT molecular complexity index is 696. The number of halogens is 1. The third-order valence-electron chi connectivity index (χ3n) is 3.06. The van der Waals surface area contributed by atoms with E-state index in [4.69, 9.17) is 11.6 Å². The summed E-state index contributed by atoms with van der Waals surface area (Å²) in [5.74, 6) is 0.640. The third-order valence-corrected chi connectivity index (χ3v) is 5.30. The molecule has 0 fully saturated rings. The molecule has 112 valence electrons. The summed E-state index contributed by atoms with van der Waals surface area (Å²) in [6.07, 6.45) is 0.619. The first kappa shape index (κ1) is 15.9. The van der Waals surface area contributed by atoms with Crippen LogP contribution in [0.2, 0.25) is 0 Å². The minimum absolute atomic E-state index is 0.178. The van der Waals surface area contributed by atoms with Gasteiger partial charge in [-0.3, -0.25) is 0 Å². The van der Waals surface area contributed by atoms with Crippen LogP contribution in [0.3, 0.4) is 0 Å². The van der Waals surface area contributed by atoms with Crippen LogP contribution in [0.5, 0.6) is 0 Å². The molecule has 0 spiro atoms. The predicted molar refractivity (Wildman–Crippen MR) is 88.1 cm³/mol. The first-order valence-electron chi connectivity index (χ1n) is 6.80. The second-order valence-electron chi connectivity index (χ2n) is 4.80. The SMILES string of the molecule is CCCS(=O)(=O)c1ccc(Nc2cccc(CCl)c2)cc1. The molecule has 0 aliphatic heterocycles. The van der Waals surface area contributed by atoms with Crippen LogP contribution in [0.15, 0.2) is 53.4 Å². The molecule has 1 N–H and O–H groups in total. The maximum atomic E-state index is 12.0. The predicted octanol–water partition coefficient (Wildman–Crippen LogP) is 4.35. The number of benzene rings is 2. The van der Waals surface area contributed by atoms with Gasteiger partial charge in [0.15, 0.2) is 9.84 Å². The smallest absolute Gasteiger partial charge is 0.178 e. The van der Waals surface area contributed by atoms with Gasteiger partial charge >= 0.3 is 0 Å². The van der Waals surface area contributed by atoms with E-state index in [1.807, 2.05) is 31.2 Å². The number of hydrogen-bond donors (Lipinski definition) is 1. The molecule has 0 saturated heterocycles. The Morgan fingerprint density at radius 2 is 1.76 bits per heavy atom. The summed E-state index contributed by atoms with van der Waals surface area (Å²) in [5.41, 5.74) is 2.80. The molecule has 0 aliphatic rings. The van der Waals surface area contributed by atoms with Crippen molar-refractivity contribution in [2.75, 3.05) is 11.1 Å². The first-order chi connectivity index (χ1) is 10.0. The minimum Gasteiger partial charge on any atom is -0.356 e. The molecule has 21 heavy (non-hydrogen) atoms. The molecule has 0 unspecified atom stereocenters. The van der Waals surface area contributed by atoms with Gasteiger partial charge in [-0.05, 0) is 48.4 Å². The van der Waals surface area contributed by atoms with E-state index in [0.717, 1.165) is 16.9 Å². The van der Waals surface area contributed by atoms with Crippen LogP contribution in [-0.4, -0.2) is 14.2 Å². The maximum Gasteiger partial charge on any atom is 0.178 e. The summed E-state index contributed by atoms with van der Waals surface area (Å²) in [6.45, 7) is 1.86. The zero-order valence-corrected chi connectivity index (χ0v) is 13.4. The lowest BCUT2D eigenvalue weighted by Crippen LogP contribution is -2.05. The molecule has 0 saturated carbocycles. The van der Waals surface area contributed by atoms with Crippen molar-refractivity contribution >= 4 is 32.8 Å². The minimum atomic E-state index is -3.16. The number of nitrogens with one attached hydrogen (secondary N) is 1. The van der Waals surface area contributed by atoms with Gasteiger partial charge in [-0.15, -0.1) is 11.6 Å². The lowest BCUT2D eigenvalue weighted by Gasteiger charge is -2.09. The van der Waals surface area contributed by atoms with Crippen LogP contribution in [0.4, 0.5) is 11.4 Å². The van der Waals surface area contributed by atoms with Gasteiger partial charge in [0.2, 0.25) is 0 Å². The third kappa shape index (κ3) is 4.22. The highest BCUT2D eigenvalue weighted by molar-refractivity contribution is 7.91. The fraction of sp³-hybridized carbons (Fsp3) is 0.250. The average molecular weight is 324 g/mol. The molecule has 2 aromatic carbocycles.